The smallest absolute Gasteiger partial charge is 0.191 e. The zero-order valence-corrected chi connectivity index (χ0v) is 17.8. The third-order valence-electron chi connectivity index (χ3n) is 4.93. The maximum absolute atomic E-state index is 10.6. The first kappa shape index (κ1) is 22.5. The van der Waals surface area contributed by atoms with Crippen LogP contribution in [0.25, 0.3) is 0 Å². The summed E-state index contributed by atoms with van der Waals surface area (Å²) in [4.78, 5) is 4.75. The van der Waals surface area contributed by atoms with Gasteiger partial charge in [0.25, 0.3) is 0 Å². The molecule has 2 rings (SSSR count). The Morgan fingerprint density at radius 1 is 1.25 bits per heavy atom. The van der Waals surface area contributed by atoms with Gasteiger partial charge in [0.05, 0.1) is 12.2 Å². The van der Waals surface area contributed by atoms with Gasteiger partial charge in [-0.15, -0.1) is 0 Å². The van der Waals surface area contributed by atoms with Crippen LogP contribution in [-0.2, 0) is 4.74 Å². The summed E-state index contributed by atoms with van der Waals surface area (Å²) in [6.07, 6.45) is 2.97. The van der Waals surface area contributed by atoms with Crippen molar-refractivity contribution in [3.63, 3.8) is 0 Å². The van der Waals surface area contributed by atoms with Crippen LogP contribution in [0.5, 0.6) is 5.75 Å². The van der Waals surface area contributed by atoms with Gasteiger partial charge in [-0.3, -0.25) is 4.99 Å². The zero-order chi connectivity index (χ0) is 20.4. The van der Waals surface area contributed by atoms with E-state index in [1.165, 1.54) is 12.8 Å². The van der Waals surface area contributed by atoms with E-state index in [1.54, 1.807) is 0 Å². The maximum atomic E-state index is 10.6. The molecule has 1 atom stereocenters. The van der Waals surface area contributed by atoms with Crippen LogP contribution in [0.15, 0.2) is 29.3 Å². The first-order chi connectivity index (χ1) is 13.5. The number of guanidine groups is 1. The third kappa shape index (κ3) is 7.68. The first-order valence-electron chi connectivity index (χ1n) is 10.5. The molecule has 1 aliphatic carbocycles. The van der Waals surface area contributed by atoms with Gasteiger partial charge in [-0.25, -0.2) is 0 Å². The van der Waals surface area contributed by atoms with Gasteiger partial charge in [-0.05, 0) is 70.1 Å². The fraction of sp³-hybridized carbons (Fsp3) is 0.682. The normalized spacial score (nSPS) is 16.7. The summed E-state index contributed by atoms with van der Waals surface area (Å²) in [5.74, 6) is 1.52. The molecule has 1 fully saturated rings. The molecule has 1 aromatic carbocycles. The third-order valence-corrected chi connectivity index (χ3v) is 4.93. The topological polar surface area (TPSA) is 75.1 Å². The highest BCUT2D eigenvalue weighted by molar-refractivity contribution is 5.79. The highest BCUT2D eigenvalue weighted by atomic mass is 16.5. The van der Waals surface area contributed by atoms with E-state index >= 15 is 0 Å². The minimum Gasteiger partial charge on any atom is -0.491 e. The van der Waals surface area contributed by atoms with Gasteiger partial charge in [0.1, 0.15) is 5.75 Å². The SMILES string of the molecule is CCNC(=NCC1(CCOCC)CC1)NCC(O)c1cccc(OC(C)C)c1. The Morgan fingerprint density at radius 2 is 2.04 bits per heavy atom. The molecule has 28 heavy (non-hydrogen) atoms. The average molecular weight is 392 g/mol. The number of aliphatic imine (C=N–C) groups is 1. The number of aliphatic hydroxyl groups excluding tert-OH is 1. The van der Waals surface area contributed by atoms with Gasteiger partial charge in [0.15, 0.2) is 5.96 Å². The number of aliphatic hydroxyl groups is 1. The van der Waals surface area contributed by atoms with Crippen molar-refractivity contribution in [3.8, 4) is 5.75 Å². The fourth-order valence-corrected chi connectivity index (χ4v) is 3.06. The van der Waals surface area contributed by atoms with Crippen molar-refractivity contribution in [3.05, 3.63) is 29.8 Å². The minimum absolute atomic E-state index is 0.107. The molecule has 1 unspecified atom stereocenters. The summed E-state index contributed by atoms with van der Waals surface area (Å²) in [6, 6.07) is 7.62. The van der Waals surface area contributed by atoms with E-state index in [1.807, 2.05) is 52.0 Å². The van der Waals surface area contributed by atoms with E-state index in [-0.39, 0.29) is 6.10 Å². The van der Waals surface area contributed by atoms with Crippen molar-refractivity contribution in [1.82, 2.24) is 10.6 Å². The predicted molar refractivity (Wildman–Crippen MR) is 114 cm³/mol. The minimum atomic E-state index is -0.632. The van der Waals surface area contributed by atoms with Crippen LogP contribution in [0.3, 0.4) is 0 Å². The maximum Gasteiger partial charge on any atom is 0.191 e. The summed E-state index contributed by atoms with van der Waals surface area (Å²) in [7, 11) is 0. The molecule has 0 aliphatic heterocycles. The Bertz CT molecular complexity index is 615. The summed E-state index contributed by atoms with van der Waals surface area (Å²) in [5.41, 5.74) is 1.13. The van der Waals surface area contributed by atoms with Crippen molar-refractivity contribution in [2.24, 2.45) is 10.4 Å². The van der Waals surface area contributed by atoms with Crippen molar-refractivity contribution in [1.29, 1.82) is 0 Å². The lowest BCUT2D eigenvalue weighted by molar-refractivity contribution is 0.129. The molecule has 0 bridgehead atoms. The molecule has 0 amide bonds. The standard InChI is InChI=1S/C22H37N3O3/c1-5-23-21(25-16-22(10-11-22)12-13-27-6-2)24-15-20(26)18-8-7-9-19(14-18)28-17(3)4/h7-9,14,17,20,26H,5-6,10-13,15-16H2,1-4H3,(H2,23,24,25). The van der Waals surface area contributed by atoms with E-state index in [2.05, 4.69) is 10.6 Å². The van der Waals surface area contributed by atoms with Crippen molar-refractivity contribution in [2.45, 2.75) is 59.2 Å². The first-order valence-corrected chi connectivity index (χ1v) is 10.5. The predicted octanol–water partition coefficient (Wildman–Crippen LogP) is 3.27. The largest absolute Gasteiger partial charge is 0.491 e. The van der Waals surface area contributed by atoms with Crippen LogP contribution < -0.4 is 15.4 Å². The van der Waals surface area contributed by atoms with Crippen molar-refractivity contribution in [2.75, 3.05) is 32.8 Å². The molecule has 0 aromatic heterocycles. The Hall–Kier alpha value is -1.79. The lowest BCUT2D eigenvalue weighted by Crippen LogP contribution is -2.39. The molecule has 0 spiro atoms. The lowest BCUT2D eigenvalue weighted by Gasteiger charge is -2.18. The molecule has 6 nitrogen and oxygen atoms in total. The van der Waals surface area contributed by atoms with E-state index in [0.29, 0.717) is 12.0 Å². The lowest BCUT2D eigenvalue weighted by atomic mass is 10.0. The zero-order valence-electron chi connectivity index (χ0n) is 17.8. The van der Waals surface area contributed by atoms with Crippen molar-refractivity contribution >= 4 is 5.96 Å². The molecule has 0 radical (unpaired) electrons. The number of nitrogens with zero attached hydrogens (tertiary/aromatic N) is 1. The second kappa shape index (κ2) is 11.3. The van der Waals surface area contributed by atoms with E-state index < -0.39 is 6.10 Å². The summed E-state index contributed by atoms with van der Waals surface area (Å²) in [6.45, 7) is 11.6. The second-order valence-corrected chi connectivity index (χ2v) is 7.78. The van der Waals surface area contributed by atoms with Crippen LogP contribution >= 0.6 is 0 Å². The second-order valence-electron chi connectivity index (χ2n) is 7.78. The molecule has 0 heterocycles. The molecule has 3 N–H and O–H groups in total. The molecule has 1 aromatic rings. The van der Waals surface area contributed by atoms with Crippen LogP contribution in [0.1, 0.15) is 58.6 Å². The van der Waals surface area contributed by atoms with E-state index in [4.69, 9.17) is 14.5 Å². The van der Waals surface area contributed by atoms with Crippen molar-refractivity contribution < 1.29 is 14.6 Å². The summed E-state index contributed by atoms with van der Waals surface area (Å²) >= 11 is 0. The van der Waals surface area contributed by atoms with Crippen LogP contribution in [0.4, 0.5) is 0 Å². The number of benzene rings is 1. The van der Waals surface area contributed by atoms with Gasteiger partial charge in [0, 0.05) is 32.8 Å². The molecular formula is C22H37N3O3. The van der Waals surface area contributed by atoms with Gasteiger partial charge in [-0.2, -0.15) is 0 Å². The van der Waals surface area contributed by atoms with E-state index in [9.17, 15) is 5.11 Å². The van der Waals surface area contributed by atoms with Crippen LogP contribution in [0.2, 0.25) is 0 Å². The Morgan fingerprint density at radius 3 is 2.68 bits per heavy atom. The number of rotatable bonds is 12. The molecular weight excluding hydrogens is 354 g/mol. The molecule has 158 valence electrons. The quantitative estimate of drug-likeness (QED) is 0.290. The number of ether oxygens (including phenoxy) is 2. The summed E-state index contributed by atoms with van der Waals surface area (Å²) < 4.78 is 11.2. The highest BCUT2D eigenvalue weighted by Gasteiger charge is 2.41. The average Bonchev–Trinajstić information content (AvgIpc) is 3.44. The van der Waals surface area contributed by atoms with Gasteiger partial charge >= 0.3 is 0 Å². The van der Waals surface area contributed by atoms with E-state index in [0.717, 1.165) is 50.0 Å². The van der Waals surface area contributed by atoms with Gasteiger partial charge in [0.2, 0.25) is 0 Å². The van der Waals surface area contributed by atoms with Gasteiger partial charge < -0.3 is 25.2 Å². The number of hydrogen-bond acceptors (Lipinski definition) is 4. The van der Waals surface area contributed by atoms with Crippen LogP contribution in [-0.4, -0.2) is 50.0 Å². The molecule has 1 aliphatic rings. The fourth-order valence-electron chi connectivity index (χ4n) is 3.06. The molecule has 6 heteroatoms. The summed E-state index contributed by atoms with van der Waals surface area (Å²) in [5, 5.41) is 17.1. The Labute approximate surface area is 169 Å². The Kier molecular flexibility index (Phi) is 9.06. The Balaban J connectivity index is 1.88. The van der Waals surface area contributed by atoms with Crippen LogP contribution in [0, 0.1) is 5.41 Å². The van der Waals surface area contributed by atoms with Gasteiger partial charge in [-0.1, -0.05) is 12.1 Å². The number of hydrogen-bond donors (Lipinski definition) is 3. The monoisotopic (exact) mass is 391 g/mol. The highest BCUT2D eigenvalue weighted by Crippen LogP contribution is 2.49. The molecule has 0 saturated heterocycles. The number of nitrogens with one attached hydrogen (secondary N) is 2. The molecule has 1 saturated carbocycles.